The van der Waals surface area contributed by atoms with Crippen molar-refractivity contribution in [2.45, 2.75) is 32.2 Å². The second kappa shape index (κ2) is 6.03. The molecule has 0 spiro atoms. The summed E-state index contributed by atoms with van der Waals surface area (Å²) >= 11 is 0. The lowest BCUT2D eigenvalue weighted by molar-refractivity contribution is -0.131. The van der Waals surface area contributed by atoms with Crippen molar-refractivity contribution in [2.75, 3.05) is 6.54 Å². The molecule has 6 heteroatoms. The van der Waals surface area contributed by atoms with Crippen molar-refractivity contribution in [2.24, 2.45) is 0 Å². The van der Waals surface area contributed by atoms with Gasteiger partial charge in [0.1, 0.15) is 12.0 Å². The van der Waals surface area contributed by atoms with E-state index in [4.69, 9.17) is 0 Å². The van der Waals surface area contributed by atoms with Crippen LogP contribution in [0.5, 0.6) is 0 Å². The van der Waals surface area contributed by atoms with Gasteiger partial charge in [-0.1, -0.05) is 6.07 Å². The van der Waals surface area contributed by atoms with Gasteiger partial charge in [0.05, 0.1) is 29.5 Å². The van der Waals surface area contributed by atoms with Crippen molar-refractivity contribution >= 4 is 11.6 Å². The SMILES string of the molecule is Cc1nc2ccccn2c1CC(=O)N1CCC[C@H]1c1ccncn1. The van der Waals surface area contributed by atoms with Crippen LogP contribution in [0.3, 0.4) is 0 Å². The molecule has 24 heavy (non-hydrogen) atoms. The third-order valence-corrected chi connectivity index (χ3v) is 4.67. The quantitative estimate of drug-likeness (QED) is 0.743. The summed E-state index contributed by atoms with van der Waals surface area (Å²) in [4.78, 5) is 27.7. The van der Waals surface area contributed by atoms with E-state index in [1.165, 1.54) is 0 Å². The molecule has 0 saturated carbocycles. The number of pyridine rings is 1. The number of nitrogens with zero attached hydrogens (tertiary/aromatic N) is 5. The van der Waals surface area contributed by atoms with E-state index in [0.717, 1.165) is 42.1 Å². The Morgan fingerprint density at radius 3 is 3.08 bits per heavy atom. The minimum Gasteiger partial charge on any atom is -0.334 e. The molecule has 6 nitrogen and oxygen atoms in total. The van der Waals surface area contributed by atoms with E-state index in [-0.39, 0.29) is 11.9 Å². The van der Waals surface area contributed by atoms with Crippen molar-refractivity contribution in [1.82, 2.24) is 24.3 Å². The lowest BCUT2D eigenvalue weighted by atomic mass is 10.1. The smallest absolute Gasteiger partial charge is 0.229 e. The van der Waals surface area contributed by atoms with Crippen molar-refractivity contribution in [3.8, 4) is 0 Å². The molecule has 1 aliphatic rings. The molecule has 1 amide bonds. The normalized spacial score (nSPS) is 17.5. The summed E-state index contributed by atoms with van der Waals surface area (Å²) < 4.78 is 2.00. The number of aryl methyl sites for hydroxylation is 1. The monoisotopic (exact) mass is 321 g/mol. The number of carbonyl (C=O) groups excluding carboxylic acids is 1. The zero-order valence-corrected chi connectivity index (χ0v) is 13.6. The lowest BCUT2D eigenvalue weighted by Crippen LogP contribution is -2.32. The fraction of sp³-hybridized carbons (Fsp3) is 0.333. The first-order valence-corrected chi connectivity index (χ1v) is 8.22. The van der Waals surface area contributed by atoms with E-state index in [1.54, 1.807) is 12.5 Å². The van der Waals surface area contributed by atoms with Gasteiger partial charge in [-0.3, -0.25) is 4.79 Å². The summed E-state index contributed by atoms with van der Waals surface area (Å²) in [6.45, 7) is 2.74. The minimum atomic E-state index is 0.0555. The predicted molar refractivity (Wildman–Crippen MR) is 89.4 cm³/mol. The second-order valence-corrected chi connectivity index (χ2v) is 6.13. The Morgan fingerprint density at radius 2 is 2.25 bits per heavy atom. The van der Waals surface area contributed by atoms with Crippen molar-refractivity contribution in [3.63, 3.8) is 0 Å². The molecular weight excluding hydrogens is 302 g/mol. The lowest BCUT2D eigenvalue weighted by Gasteiger charge is -2.24. The van der Waals surface area contributed by atoms with Gasteiger partial charge in [-0.15, -0.1) is 0 Å². The van der Waals surface area contributed by atoms with Crippen LogP contribution in [0.15, 0.2) is 43.0 Å². The number of rotatable bonds is 3. The first kappa shape index (κ1) is 14.8. The highest BCUT2D eigenvalue weighted by atomic mass is 16.2. The molecule has 1 atom stereocenters. The summed E-state index contributed by atoms with van der Waals surface area (Å²) in [5, 5.41) is 0. The Bertz CT molecular complexity index is 874. The number of hydrogen-bond donors (Lipinski definition) is 0. The van der Waals surface area contributed by atoms with Gasteiger partial charge in [0, 0.05) is 18.9 Å². The van der Waals surface area contributed by atoms with E-state index < -0.39 is 0 Å². The van der Waals surface area contributed by atoms with Crippen molar-refractivity contribution in [1.29, 1.82) is 0 Å². The fourth-order valence-electron chi connectivity index (χ4n) is 3.49. The maximum absolute atomic E-state index is 12.9. The van der Waals surface area contributed by atoms with Crippen LogP contribution in [-0.4, -0.2) is 36.7 Å². The van der Waals surface area contributed by atoms with Crippen molar-refractivity contribution < 1.29 is 4.79 Å². The fourth-order valence-corrected chi connectivity index (χ4v) is 3.49. The molecule has 1 aliphatic heterocycles. The van der Waals surface area contributed by atoms with Crippen LogP contribution in [0.1, 0.15) is 36.0 Å². The first-order valence-electron chi connectivity index (χ1n) is 8.22. The predicted octanol–water partition coefficient (Wildman–Crippen LogP) is 2.34. The minimum absolute atomic E-state index is 0.0555. The Hall–Kier alpha value is -2.76. The van der Waals surface area contributed by atoms with Gasteiger partial charge in [0.25, 0.3) is 0 Å². The van der Waals surface area contributed by atoms with Gasteiger partial charge in [0.2, 0.25) is 5.91 Å². The molecule has 122 valence electrons. The molecule has 4 rings (SSSR count). The molecule has 0 aromatic carbocycles. The molecule has 0 radical (unpaired) electrons. The average Bonchev–Trinajstić information content (AvgIpc) is 3.21. The summed E-state index contributed by atoms with van der Waals surface area (Å²) in [6, 6.07) is 7.83. The van der Waals surface area contributed by atoms with Crippen LogP contribution in [0.2, 0.25) is 0 Å². The third-order valence-electron chi connectivity index (χ3n) is 4.67. The zero-order chi connectivity index (χ0) is 16.5. The van der Waals surface area contributed by atoms with Crippen LogP contribution in [0.4, 0.5) is 0 Å². The summed E-state index contributed by atoms with van der Waals surface area (Å²) in [7, 11) is 0. The molecule has 1 saturated heterocycles. The van der Waals surface area contributed by atoms with Gasteiger partial charge in [0.15, 0.2) is 0 Å². The van der Waals surface area contributed by atoms with E-state index in [1.807, 2.05) is 46.7 Å². The highest BCUT2D eigenvalue weighted by molar-refractivity contribution is 5.79. The first-order chi connectivity index (χ1) is 11.7. The number of aromatic nitrogens is 4. The summed E-state index contributed by atoms with van der Waals surface area (Å²) in [6.07, 6.45) is 7.56. The standard InChI is InChI=1S/C18H19N5O/c1-13-16(22-9-3-2-6-17(22)21-13)11-18(24)23-10-4-5-15(23)14-7-8-19-12-20-14/h2-3,6-9,12,15H,4-5,10-11H2,1H3/t15-/m0/s1. The van der Waals surface area contributed by atoms with E-state index in [9.17, 15) is 4.79 Å². The topological polar surface area (TPSA) is 63.4 Å². The number of imidazole rings is 1. The molecule has 0 aliphatic carbocycles. The zero-order valence-electron chi connectivity index (χ0n) is 13.6. The molecule has 1 fully saturated rings. The van der Waals surface area contributed by atoms with Crippen molar-refractivity contribution in [3.05, 3.63) is 60.1 Å². The maximum Gasteiger partial charge on any atom is 0.229 e. The van der Waals surface area contributed by atoms with E-state index in [2.05, 4.69) is 15.0 Å². The van der Waals surface area contributed by atoms with Gasteiger partial charge in [-0.2, -0.15) is 0 Å². The summed E-state index contributed by atoms with van der Waals surface area (Å²) in [5.74, 6) is 0.130. The van der Waals surface area contributed by atoms with Gasteiger partial charge in [-0.25, -0.2) is 15.0 Å². The van der Waals surface area contributed by atoms with Crippen LogP contribution in [0.25, 0.3) is 5.65 Å². The Balaban J connectivity index is 1.60. The third kappa shape index (κ3) is 2.54. The van der Waals surface area contributed by atoms with E-state index >= 15 is 0 Å². The Morgan fingerprint density at radius 1 is 1.33 bits per heavy atom. The highest BCUT2D eigenvalue weighted by Gasteiger charge is 2.31. The molecule has 3 aromatic rings. The number of fused-ring (bicyclic) bond motifs is 1. The number of likely N-dealkylation sites (tertiary alicyclic amines) is 1. The Labute approximate surface area is 140 Å². The van der Waals surface area contributed by atoms with Gasteiger partial charge in [-0.05, 0) is 38.0 Å². The Kier molecular flexibility index (Phi) is 3.72. The maximum atomic E-state index is 12.9. The molecule has 0 N–H and O–H groups in total. The number of hydrogen-bond acceptors (Lipinski definition) is 4. The average molecular weight is 321 g/mol. The highest BCUT2D eigenvalue weighted by Crippen LogP contribution is 2.31. The largest absolute Gasteiger partial charge is 0.334 e. The molecule has 0 unspecified atom stereocenters. The second-order valence-electron chi connectivity index (χ2n) is 6.13. The molecule has 3 aromatic heterocycles. The van der Waals surface area contributed by atoms with Crippen LogP contribution < -0.4 is 0 Å². The summed E-state index contributed by atoms with van der Waals surface area (Å²) in [5.41, 5.74) is 3.67. The molecule has 4 heterocycles. The molecular formula is C18H19N5O. The van der Waals surface area contributed by atoms with Gasteiger partial charge < -0.3 is 9.30 Å². The van der Waals surface area contributed by atoms with Crippen LogP contribution >= 0.6 is 0 Å². The molecule has 0 bridgehead atoms. The number of carbonyl (C=O) groups is 1. The number of amides is 1. The van der Waals surface area contributed by atoms with Crippen LogP contribution in [0, 0.1) is 6.92 Å². The van der Waals surface area contributed by atoms with Crippen LogP contribution in [-0.2, 0) is 11.2 Å². The van der Waals surface area contributed by atoms with Gasteiger partial charge >= 0.3 is 0 Å². The van der Waals surface area contributed by atoms with E-state index in [0.29, 0.717) is 6.42 Å².